The van der Waals surface area contributed by atoms with Gasteiger partial charge >= 0.3 is 13.1 Å². The zero-order valence-electron chi connectivity index (χ0n) is 14.6. The van der Waals surface area contributed by atoms with Crippen LogP contribution in [-0.4, -0.2) is 36.6 Å². The second-order valence-corrected chi connectivity index (χ2v) is 5.61. The summed E-state index contributed by atoms with van der Waals surface area (Å²) in [5.74, 6) is -1.31. The third kappa shape index (κ3) is 6.12. The van der Waals surface area contributed by atoms with Gasteiger partial charge in [-0.25, -0.2) is 4.79 Å². The number of nitriles is 1. The van der Waals surface area contributed by atoms with Crippen LogP contribution in [0.2, 0.25) is 0 Å². The fourth-order valence-corrected chi connectivity index (χ4v) is 2.32. The molecule has 1 atom stereocenters. The van der Waals surface area contributed by atoms with E-state index in [1.165, 1.54) is 12.2 Å². The fourth-order valence-electron chi connectivity index (χ4n) is 2.32. The van der Waals surface area contributed by atoms with Gasteiger partial charge in [-0.1, -0.05) is 19.6 Å². The smallest absolute Gasteiger partial charge is 0.534 e. The van der Waals surface area contributed by atoms with Gasteiger partial charge in [0, 0.05) is 12.8 Å². The van der Waals surface area contributed by atoms with E-state index in [0.29, 0.717) is 18.4 Å². The van der Waals surface area contributed by atoms with Crippen molar-refractivity contribution in [2.24, 2.45) is 0 Å². The lowest BCUT2D eigenvalue weighted by Gasteiger charge is -2.29. The molecule has 1 aliphatic rings. The summed E-state index contributed by atoms with van der Waals surface area (Å²) >= 11 is 0. The molecule has 134 valence electrons. The zero-order valence-corrected chi connectivity index (χ0v) is 14.6. The summed E-state index contributed by atoms with van der Waals surface area (Å²) in [6.45, 7) is 7.49. The van der Waals surface area contributed by atoms with Gasteiger partial charge in [0.15, 0.2) is 0 Å². The molecule has 1 amide bonds. The SMILES string of the molecule is C=C/C=C(/C(=O)OCCC)C1=C(C)C[C@H](NC(=O)CCC#N)B(O)O1. The third-order valence-electron chi connectivity index (χ3n) is 3.49. The van der Waals surface area contributed by atoms with Gasteiger partial charge in [-0.15, -0.1) is 0 Å². The topological polar surface area (TPSA) is 109 Å². The molecule has 0 aromatic heterocycles. The monoisotopic (exact) mass is 346 g/mol. The van der Waals surface area contributed by atoms with Crippen LogP contribution < -0.4 is 5.32 Å². The highest BCUT2D eigenvalue weighted by Crippen LogP contribution is 2.27. The first-order valence-corrected chi connectivity index (χ1v) is 8.15. The van der Waals surface area contributed by atoms with Crippen LogP contribution in [0.15, 0.2) is 35.6 Å². The molecule has 0 aromatic rings. The Hall–Kier alpha value is -2.53. The Kier molecular flexibility index (Phi) is 8.51. The number of esters is 1. The quantitative estimate of drug-likeness (QED) is 0.299. The number of hydrogen-bond acceptors (Lipinski definition) is 6. The maximum absolute atomic E-state index is 12.2. The van der Waals surface area contributed by atoms with Gasteiger partial charge in [0.05, 0.1) is 24.2 Å². The second kappa shape index (κ2) is 10.4. The van der Waals surface area contributed by atoms with Gasteiger partial charge in [0.2, 0.25) is 5.91 Å². The van der Waals surface area contributed by atoms with Crippen molar-refractivity contribution in [3.05, 3.63) is 35.6 Å². The molecule has 1 rings (SSSR count). The van der Waals surface area contributed by atoms with E-state index >= 15 is 0 Å². The zero-order chi connectivity index (χ0) is 18.8. The number of rotatable bonds is 8. The first kappa shape index (κ1) is 20.5. The minimum absolute atomic E-state index is 0.0559. The molecule has 7 nitrogen and oxygen atoms in total. The van der Waals surface area contributed by atoms with Gasteiger partial charge in [0.25, 0.3) is 0 Å². The lowest BCUT2D eigenvalue weighted by atomic mass is 9.72. The predicted molar refractivity (Wildman–Crippen MR) is 92.7 cm³/mol. The average Bonchev–Trinajstić information content (AvgIpc) is 2.58. The number of carbonyl (C=O) groups is 2. The van der Waals surface area contributed by atoms with Crippen LogP contribution in [0, 0.1) is 11.3 Å². The van der Waals surface area contributed by atoms with Crippen molar-refractivity contribution in [2.45, 2.75) is 45.5 Å². The number of nitrogens with zero attached hydrogens (tertiary/aromatic N) is 1. The summed E-state index contributed by atoms with van der Waals surface area (Å²) in [6, 6.07) is 1.89. The van der Waals surface area contributed by atoms with Gasteiger partial charge < -0.3 is 19.7 Å². The molecule has 1 heterocycles. The summed E-state index contributed by atoms with van der Waals surface area (Å²) in [6.07, 6.45) is 4.06. The van der Waals surface area contributed by atoms with Crippen molar-refractivity contribution in [1.29, 1.82) is 5.26 Å². The molecule has 2 N–H and O–H groups in total. The van der Waals surface area contributed by atoms with Crippen molar-refractivity contribution in [1.82, 2.24) is 5.32 Å². The van der Waals surface area contributed by atoms with Gasteiger partial charge in [0.1, 0.15) is 5.76 Å². The lowest BCUT2D eigenvalue weighted by molar-refractivity contribution is -0.139. The molecule has 0 saturated heterocycles. The minimum atomic E-state index is -1.31. The number of amides is 1. The Morgan fingerprint density at radius 1 is 1.60 bits per heavy atom. The largest absolute Gasteiger partial charge is 0.547 e. The molecular weight excluding hydrogens is 323 g/mol. The number of carbonyl (C=O) groups excluding carboxylic acids is 2. The van der Waals surface area contributed by atoms with Crippen LogP contribution in [0.5, 0.6) is 0 Å². The van der Waals surface area contributed by atoms with Crippen LogP contribution in [0.25, 0.3) is 0 Å². The number of ether oxygens (including phenoxy) is 1. The molecule has 0 aliphatic carbocycles. The molecule has 1 aliphatic heterocycles. The maximum atomic E-state index is 12.2. The minimum Gasteiger partial charge on any atom is -0.534 e. The Morgan fingerprint density at radius 3 is 2.92 bits per heavy atom. The summed E-state index contributed by atoms with van der Waals surface area (Å²) in [5.41, 5.74) is 0.867. The van der Waals surface area contributed by atoms with Crippen LogP contribution in [0.4, 0.5) is 0 Å². The van der Waals surface area contributed by atoms with Crippen LogP contribution >= 0.6 is 0 Å². The summed E-state index contributed by atoms with van der Waals surface area (Å²) in [7, 11) is -1.31. The molecule has 0 spiro atoms. The number of nitrogens with one attached hydrogen (secondary N) is 1. The van der Waals surface area contributed by atoms with Crippen molar-refractivity contribution in [3.8, 4) is 6.07 Å². The van der Waals surface area contributed by atoms with E-state index < -0.39 is 19.0 Å². The van der Waals surface area contributed by atoms with Crippen molar-refractivity contribution >= 4 is 19.0 Å². The highest BCUT2D eigenvalue weighted by molar-refractivity contribution is 6.46. The summed E-state index contributed by atoms with van der Waals surface area (Å²) in [5, 5.41) is 21.3. The number of allylic oxidation sites excluding steroid dienone is 2. The molecule has 0 aromatic carbocycles. The molecule has 0 bridgehead atoms. The molecule has 0 fully saturated rings. The molecule has 0 radical (unpaired) electrons. The lowest BCUT2D eigenvalue weighted by Crippen LogP contribution is -2.50. The van der Waals surface area contributed by atoms with E-state index in [4.69, 9.17) is 14.7 Å². The third-order valence-corrected chi connectivity index (χ3v) is 3.49. The summed E-state index contributed by atoms with van der Waals surface area (Å²) in [4.78, 5) is 23.9. The standard InChI is InChI=1S/C17H23BN2O5/c1-4-7-13(17(22)24-10-5-2)16-12(3)11-14(18(23)25-16)20-15(21)8-6-9-19/h4,7,14,23H,1,5-6,8,10-11H2,2-3H3,(H,20,21)/b13-7+/t14-/m0/s1. The first-order valence-electron chi connectivity index (χ1n) is 8.15. The van der Waals surface area contributed by atoms with E-state index in [2.05, 4.69) is 11.9 Å². The van der Waals surface area contributed by atoms with E-state index in [1.807, 2.05) is 13.0 Å². The Morgan fingerprint density at radius 2 is 2.32 bits per heavy atom. The highest BCUT2D eigenvalue weighted by Gasteiger charge is 2.38. The summed E-state index contributed by atoms with van der Waals surface area (Å²) < 4.78 is 10.6. The van der Waals surface area contributed by atoms with E-state index in [1.54, 1.807) is 6.92 Å². The maximum Gasteiger partial charge on any atom is 0.547 e. The van der Waals surface area contributed by atoms with Gasteiger partial charge in [-0.3, -0.25) is 4.79 Å². The van der Waals surface area contributed by atoms with Gasteiger partial charge in [-0.2, -0.15) is 5.26 Å². The molecule has 25 heavy (non-hydrogen) atoms. The second-order valence-electron chi connectivity index (χ2n) is 5.61. The van der Waals surface area contributed by atoms with Crippen LogP contribution in [-0.2, 0) is 19.0 Å². The van der Waals surface area contributed by atoms with Crippen molar-refractivity contribution < 1.29 is 24.0 Å². The van der Waals surface area contributed by atoms with Crippen molar-refractivity contribution in [3.63, 3.8) is 0 Å². The van der Waals surface area contributed by atoms with E-state index in [0.717, 1.165) is 0 Å². The average molecular weight is 346 g/mol. The first-order chi connectivity index (χ1) is 11.9. The molecular formula is C17H23BN2O5. The number of hydrogen-bond donors (Lipinski definition) is 2. The van der Waals surface area contributed by atoms with E-state index in [9.17, 15) is 14.6 Å². The van der Waals surface area contributed by atoms with Crippen LogP contribution in [0.1, 0.15) is 39.5 Å². The Labute approximate surface area is 148 Å². The normalized spacial score (nSPS) is 17.4. The van der Waals surface area contributed by atoms with Gasteiger partial charge in [-0.05, 0) is 31.4 Å². The fraction of sp³-hybridized carbons (Fsp3) is 0.471. The predicted octanol–water partition coefficient (Wildman–Crippen LogP) is 1.55. The van der Waals surface area contributed by atoms with Crippen molar-refractivity contribution in [2.75, 3.05) is 6.61 Å². The molecule has 8 heteroatoms. The Bertz CT molecular complexity index is 621. The van der Waals surface area contributed by atoms with Crippen LogP contribution in [0.3, 0.4) is 0 Å². The highest BCUT2D eigenvalue weighted by atomic mass is 16.5. The molecule has 0 unspecified atom stereocenters. The van der Waals surface area contributed by atoms with E-state index in [-0.39, 0.29) is 36.7 Å². The Balaban J connectivity index is 2.91. The molecule has 0 saturated carbocycles.